The second kappa shape index (κ2) is 5.09. The highest BCUT2D eigenvalue weighted by Crippen LogP contribution is 2.17. The van der Waals surface area contributed by atoms with Gasteiger partial charge < -0.3 is 21.1 Å². The first-order chi connectivity index (χ1) is 7.08. The Morgan fingerprint density at radius 3 is 2.53 bits per heavy atom. The van der Waals surface area contributed by atoms with Crippen molar-refractivity contribution in [3.63, 3.8) is 0 Å². The number of likely N-dealkylation sites (N-methyl/N-ethyl adjacent to an activating group) is 1. The van der Waals surface area contributed by atoms with E-state index in [0.29, 0.717) is 26.1 Å². The maximum Gasteiger partial charge on any atom is 0.240 e. The van der Waals surface area contributed by atoms with Gasteiger partial charge >= 0.3 is 0 Å². The van der Waals surface area contributed by atoms with Gasteiger partial charge in [0, 0.05) is 20.3 Å². The third-order valence-corrected chi connectivity index (χ3v) is 2.53. The second-order valence-electron chi connectivity index (χ2n) is 3.62. The molecule has 0 saturated carbocycles. The lowest BCUT2D eigenvalue weighted by atomic mass is 9.90. The topological polar surface area (TPSA) is 93.5 Å². The van der Waals surface area contributed by atoms with Crippen LogP contribution in [0.4, 0.5) is 0 Å². The summed E-state index contributed by atoms with van der Waals surface area (Å²) in [6.45, 7) is 0.947. The summed E-state index contributed by atoms with van der Waals surface area (Å²) < 4.78 is 5.12. The van der Waals surface area contributed by atoms with Crippen LogP contribution in [-0.2, 0) is 14.3 Å². The number of carbonyl (C=O) groups excluding carboxylic acids is 2. The van der Waals surface area contributed by atoms with Crippen LogP contribution in [0.3, 0.4) is 0 Å². The Balaban J connectivity index is 2.41. The van der Waals surface area contributed by atoms with Crippen LogP contribution < -0.4 is 16.4 Å². The summed E-state index contributed by atoms with van der Waals surface area (Å²) >= 11 is 0. The minimum absolute atomic E-state index is 0.0326. The van der Waals surface area contributed by atoms with Crippen molar-refractivity contribution < 1.29 is 14.3 Å². The van der Waals surface area contributed by atoms with Crippen LogP contribution in [0.2, 0.25) is 0 Å². The van der Waals surface area contributed by atoms with Gasteiger partial charge in [-0.25, -0.2) is 0 Å². The number of nitrogens with one attached hydrogen (secondary N) is 2. The monoisotopic (exact) mass is 215 g/mol. The zero-order valence-corrected chi connectivity index (χ0v) is 8.84. The predicted octanol–water partition coefficient (Wildman–Crippen LogP) is -1.64. The molecule has 1 rings (SSSR count). The summed E-state index contributed by atoms with van der Waals surface area (Å²) in [5.74, 6) is -0.520. The van der Waals surface area contributed by atoms with Crippen LogP contribution >= 0.6 is 0 Å². The molecule has 0 radical (unpaired) electrons. The molecule has 4 N–H and O–H groups in total. The van der Waals surface area contributed by atoms with Gasteiger partial charge in [-0.15, -0.1) is 0 Å². The zero-order chi connectivity index (χ0) is 11.3. The smallest absolute Gasteiger partial charge is 0.240 e. The highest BCUT2D eigenvalue weighted by Gasteiger charge is 2.35. The Hall–Kier alpha value is -1.14. The molecule has 2 amide bonds. The molecule has 0 bridgehead atoms. The highest BCUT2D eigenvalue weighted by molar-refractivity contribution is 5.90. The van der Waals surface area contributed by atoms with Gasteiger partial charge in [0.25, 0.3) is 0 Å². The molecule has 1 saturated heterocycles. The Morgan fingerprint density at radius 1 is 1.40 bits per heavy atom. The lowest BCUT2D eigenvalue weighted by Crippen LogP contribution is -2.57. The van der Waals surface area contributed by atoms with Crippen molar-refractivity contribution in [3.8, 4) is 0 Å². The van der Waals surface area contributed by atoms with Gasteiger partial charge in [-0.2, -0.15) is 0 Å². The number of carbonyl (C=O) groups is 2. The molecule has 1 aliphatic heterocycles. The fourth-order valence-corrected chi connectivity index (χ4v) is 1.39. The van der Waals surface area contributed by atoms with E-state index in [9.17, 15) is 9.59 Å². The quantitative estimate of drug-likeness (QED) is 0.526. The molecule has 1 heterocycles. The number of rotatable bonds is 3. The fraction of sp³-hybridized carbons (Fsp3) is 0.778. The Bertz CT molecular complexity index is 249. The third-order valence-electron chi connectivity index (χ3n) is 2.53. The Morgan fingerprint density at radius 2 is 2.00 bits per heavy atom. The number of ether oxygens (including phenoxy) is 1. The maximum atomic E-state index is 11.7. The fourth-order valence-electron chi connectivity index (χ4n) is 1.39. The van der Waals surface area contributed by atoms with Crippen molar-refractivity contribution in [1.82, 2.24) is 10.6 Å². The first-order valence-electron chi connectivity index (χ1n) is 4.94. The van der Waals surface area contributed by atoms with Gasteiger partial charge in [0.05, 0.1) is 12.1 Å². The second-order valence-corrected chi connectivity index (χ2v) is 3.62. The van der Waals surface area contributed by atoms with Crippen LogP contribution in [-0.4, -0.2) is 44.2 Å². The van der Waals surface area contributed by atoms with E-state index in [-0.39, 0.29) is 18.4 Å². The van der Waals surface area contributed by atoms with E-state index >= 15 is 0 Å². The predicted molar refractivity (Wildman–Crippen MR) is 54.0 cm³/mol. The maximum absolute atomic E-state index is 11.7. The molecule has 0 aromatic heterocycles. The van der Waals surface area contributed by atoms with E-state index in [0.717, 1.165) is 0 Å². The van der Waals surface area contributed by atoms with Crippen molar-refractivity contribution in [2.24, 2.45) is 5.73 Å². The van der Waals surface area contributed by atoms with Gasteiger partial charge in [-0.05, 0) is 12.8 Å². The normalized spacial score (nSPS) is 19.3. The molecule has 0 aromatic rings. The van der Waals surface area contributed by atoms with Crippen molar-refractivity contribution in [3.05, 3.63) is 0 Å². The number of hydrogen-bond acceptors (Lipinski definition) is 4. The van der Waals surface area contributed by atoms with Crippen LogP contribution in [0.5, 0.6) is 0 Å². The Kier molecular flexibility index (Phi) is 4.05. The summed E-state index contributed by atoms with van der Waals surface area (Å²) in [5.41, 5.74) is 5.02. The molecule has 1 fully saturated rings. The van der Waals surface area contributed by atoms with E-state index in [4.69, 9.17) is 10.5 Å². The third kappa shape index (κ3) is 3.17. The number of hydrogen-bond donors (Lipinski definition) is 3. The van der Waals surface area contributed by atoms with Crippen molar-refractivity contribution in [2.75, 3.05) is 26.8 Å². The van der Waals surface area contributed by atoms with E-state index < -0.39 is 5.54 Å². The summed E-state index contributed by atoms with van der Waals surface area (Å²) in [6.07, 6.45) is 0.985. The lowest BCUT2D eigenvalue weighted by Gasteiger charge is -2.31. The van der Waals surface area contributed by atoms with E-state index in [1.54, 1.807) is 0 Å². The average molecular weight is 215 g/mol. The zero-order valence-electron chi connectivity index (χ0n) is 8.84. The average Bonchev–Trinajstić information content (AvgIpc) is 2.26. The highest BCUT2D eigenvalue weighted by atomic mass is 16.5. The van der Waals surface area contributed by atoms with Crippen LogP contribution in [0.15, 0.2) is 0 Å². The molecule has 15 heavy (non-hydrogen) atoms. The standard InChI is InChI=1S/C9H17N3O3/c1-11-7(13)6-12-8(14)9(10)2-4-15-5-3-9/h2-6,10H2,1H3,(H,11,13)(H,12,14). The largest absolute Gasteiger partial charge is 0.381 e. The van der Waals surface area contributed by atoms with Crippen LogP contribution in [0.1, 0.15) is 12.8 Å². The van der Waals surface area contributed by atoms with Gasteiger partial charge in [-0.1, -0.05) is 0 Å². The van der Waals surface area contributed by atoms with Crippen LogP contribution in [0, 0.1) is 0 Å². The Labute approximate surface area is 88.5 Å². The van der Waals surface area contributed by atoms with E-state index in [1.165, 1.54) is 7.05 Å². The number of amides is 2. The first kappa shape index (κ1) is 11.9. The minimum atomic E-state index is -0.883. The van der Waals surface area contributed by atoms with E-state index in [1.807, 2.05) is 0 Å². The molecular formula is C9H17N3O3. The molecule has 0 aliphatic carbocycles. The minimum Gasteiger partial charge on any atom is -0.381 e. The van der Waals surface area contributed by atoms with Crippen LogP contribution in [0.25, 0.3) is 0 Å². The number of nitrogens with two attached hydrogens (primary N) is 1. The molecule has 1 aliphatic rings. The summed E-state index contributed by atoms with van der Waals surface area (Å²) in [5, 5.41) is 4.93. The van der Waals surface area contributed by atoms with Crippen molar-refractivity contribution in [1.29, 1.82) is 0 Å². The SMILES string of the molecule is CNC(=O)CNC(=O)C1(N)CCOCC1. The van der Waals surface area contributed by atoms with Gasteiger partial charge in [0.1, 0.15) is 0 Å². The summed E-state index contributed by atoms with van der Waals surface area (Å²) in [6, 6.07) is 0. The molecule has 86 valence electrons. The summed E-state index contributed by atoms with van der Waals surface area (Å²) in [4.78, 5) is 22.6. The van der Waals surface area contributed by atoms with Gasteiger partial charge in [0.15, 0.2) is 0 Å². The molecule has 0 unspecified atom stereocenters. The van der Waals surface area contributed by atoms with E-state index in [2.05, 4.69) is 10.6 Å². The first-order valence-corrected chi connectivity index (χ1v) is 4.94. The molecule has 6 heteroatoms. The molecular weight excluding hydrogens is 198 g/mol. The molecule has 6 nitrogen and oxygen atoms in total. The summed E-state index contributed by atoms with van der Waals surface area (Å²) in [7, 11) is 1.52. The lowest BCUT2D eigenvalue weighted by molar-refractivity contribution is -0.132. The molecule has 0 atom stereocenters. The van der Waals surface area contributed by atoms with Crippen molar-refractivity contribution in [2.45, 2.75) is 18.4 Å². The molecule has 0 spiro atoms. The molecule has 0 aromatic carbocycles. The van der Waals surface area contributed by atoms with Gasteiger partial charge in [-0.3, -0.25) is 9.59 Å². The van der Waals surface area contributed by atoms with Gasteiger partial charge in [0.2, 0.25) is 11.8 Å². The van der Waals surface area contributed by atoms with Crippen molar-refractivity contribution >= 4 is 11.8 Å².